The van der Waals surface area contributed by atoms with Gasteiger partial charge in [-0.15, -0.1) is 11.8 Å². The number of aliphatic hydroxyl groups excluding tert-OH is 1. The van der Waals surface area contributed by atoms with E-state index < -0.39 is 22.6 Å². The minimum Gasteiger partial charge on any atom is -0.494 e. The fourth-order valence-electron chi connectivity index (χ4n) is 6.22. The molecule has 3 fully saturated rings. The molecule has 0 aromatic heterocycles. The summed E-state index contributed by atoms with van der Waals surface area (Å²) < 4.78 is 4.83. The van der Waals surface area contributed by atoms with E-state index >= 15 is 0 Å². The Morgan fingerprint density at radius 2 is 1.97 bits per heavy atom. The molecule has 3 heterocycles. The van der Waals surface area contributed by atoms with Crippen LogP contribution in [0, 0.1) is 11.8 Å². The van der Waals surface area contributed by atoms with Crippen molar-refractivity contribution in [2.24, 2.45) is 11.8 Å². The van der Waals surface area contributed by atoms with Gasteiger partial charge in [0.15, 0.2) is 0 Å². The number of thioether (sulfide) groups is 1. The molecule has 1 aromatic rings. The van der Waals surface area contributed by atoms with Gasteiger partial charge < -0.3 is 25.4 Å². The minimum absolute atomic E-state index is 0.00414. The molecule has 4 rings (SSSR count). The van der Waals surface area contributed by atoms with Gasteiger partial charge in [-0.25, -0.2) is 0 Å². The normalized spacial score (nSPS) is 30.8. The van der Waals surface area contributed by atoms with Crippen molar-refractivity contribution in [1.29, 1.82) is 0 Å². The van der Waals surface area contributed by atoms with E-state index in [1.54, 1.807) is 28.8 Å². The van der Waals surface area contributed by atoms with Gasteiger partial charge >= 0.3 is 0 Å². The van der Waals surface area contributed by atoms with E-state index in [9.17, 15) is 19.5 Å². The maximum Gasteiger partial charge on any atom is 0.244 e. The minimum atomic E-state index is -0.661. The number of rotatable bonds is 12. The van der Waals surface area contributed by atoms with Crippen LogP contribution in [-0.2, 0) is 14.4 Å². The maximum absolute atomic E-state index is 13.9. The predicted molar refractivity (Wildman–Crippen MR) is 149 cm³/mol. The predicted octanol–water partition coefficient (Wildman–Crippen LogP) is 3.57. The highest BCUT2D eigenvalue weighted by molar-refractivity contribution is 9.09. The number of benzene rings is 1. The largest absolute Gasteiger partial charge is 0.494 e. The molecule has 2 bridgehead atoms. The Kier molecular flexibility index (Phi) is 9.12. The van der Waals surface area contributed by atoms with Crippen LogP contribution in [0.15, 0.2) is 24.3 Å². The number of hydrogen-bond donors (Lipinski definition) is 3. The Morgan fingerprint density at radius 3 is 2.62 bits per heavy atom. The van der Waals surface area contributed by atoms with Crippen molar-refractivity contribution < 1.29 is 24.2 Å². The Labute approximate surface area is 231 Å². The maximum atomic E-state index is 13.9. The SMILES string of the molecule is CCCC(C)NC(=O)C1N(CCCCO)C(=O)[C@@H]2[C@H](C(=O)Nc3ccc(OCC)cc3)[C@H]3SC12CC3Br. The topological polar surface area (TPSA) is 108 Å². The molecule has 1 spiro atoms. The molecule has 3 saturated heterocycles. The standard InChI is InChI=1S/C27H38BrN3O5S/c1-4-8-16(3)29-25(34)23-27-15-19(28)22(37-27)20(21(27)26(35)31(23)13-6-7-14-32)24(33)30-17-9-11-18(12-10-17)36-5-2/h9-12,16,19-23,32H,4-8,13-15H2,1-3H3,(H,29,34)(H,30,33)/t16?,19?,20-,21-,22-,23?,27?/m0/s1. The summed E-state index contributed by atoms with van der Waals surface area (Å²) in [5.41, 5.74) is 0.648. The van der Waals surface area contributed by atoms with Crippen LogP contribution in [0.3, 0.4) is 0 Å². The third-order valence-electron chi connectivity index (χ3n) is 7.69. The smallest absolute Gasteiger partial charge is 0.244 e. The van der Waals surface area contributed by atoms with E-state index in [0.29, 0.717) is 38.1 Å². The third kappa shape index (κ3) is 5.39. The van der Waals surface area contributed by atoms with E-state index in [-0.39, 0.29) is 40.4 Å². The van der Waals surface area contributed by atoms with Crippen LogP contribution in [0.4, 0.5) is 5.69 Å². The Bertz CT molecular complexity index is 995. The van der Waals surface area contributed by atoms with Crippen molar-refractivity contribution in [3.63, 3.8) is 0 Å². The average Bonchev–Trinajstić information content (AvgIpc) is 3.44. The highest BCUT2D eigenvalue weighted by atomic mass is 79.9. The summed E-state index contributed by atoms with van der Waals surface area (Å²) >= 11 is 5.43. The molecule has 4 unspecified atom stereocenters. The molecule has 0 saturated carbocycles. The molecular weight excluding hydrogens is 558 g/mol. The van der Waals surface area contributed by atoms with E-state index in [4.69, 9.17) is 4.74 Å². The first-order valence-electron chi connectivity index (χ1n) is 13.3. The van der Waals surface area contributed by atoms with Gasteiger partial charge in [0.1, 0.15) is 11.8 Å². The number of fused-ring (bicyclic) bond motifs is 1. The van der Waals surface area contributed by atoms with Crippen molar-refractivity contribution in [3.8, 4) is 5.75 Å². The molecule has 3 amide bonds. The van der Waals surface area contributed by atoms with Crippen LogP contribution < -0.4 is 15.4 Å². The van der Waals surface area contributed by atoms with E-state index in [1.165, 1.54) is 0 Å². The number of hydrogen-bond acceptors (Lipinski definition) is 6. The highest BCUT2D eigenvalue weighted by Gasteiger charge is 2.75. The number of carbonyl (C=O) groups is 3. The second-order valence-corrected chi connectivity index (χ2v) is 13.0. The second kappa shape index (κ2) is 11.9. The number of likely N-dealkylation sites (tertiary alicyclic amines) is 1. The van der Waals surface area contributed by atoms with Gasteiger partial charge in [0.05, 0.1) is 23.2 Å². The zero-order valence-corrected chi connectivity index (χ0v) is 24.1. The number of nitrogens with one attached hydrogen (secondary N) is 2. The lowest BCUT2D eigenvalue weighted by molar-refractivity contribution is -0.139. The lowest BCUT2D eigenvalue weighted by Gasteiger charge is -2.36. The van der Waals surface area contributed by atoms with Crippen molar-refractivity contribution in [2.45, 2.75) is 79.8 Å². The Balaban J connectivity index is 1.61. The summed E-state index contributed by atoms with van der Waals surface area (Å²) in [5.74, 6) is -0.838. The summed E-state index contributed by atoms with van der Waals surface area (Å²) in [7, 11) is 0. The van der Waals surface area contributed by atoms with Crippen molar-refractivity contribution in [2.75, 3.05) is 25.1 Å². The number of halogens is 1. The lowest BCUT2D eigenvalue weighted by Crippen LogP contribution is -2.55. The van der Waals surface area contributed by atoms with Crippen molar-refractivity contribution in [1.82, 2.24) is 10.2 Å². The molecule has 7 atom stereocenters. The van der Waals surface area contributed by atoms with Crippen LogP contribution in [0.2, 0.25) is 0 Å². The quantitative estimate of drug-likeness (QED) is 0.252. The Morgan fingerprint density at radius 1 is 1.24 bits per heavy atom. The molecule has 204 valence electrons. The summed E-state index contributed by atoms with van der Waals surface area (Å²) in [5, 5.41) is 15.4. The number of anilines is 1. The number of ether oxygens (including phenoxy) is 1. The molecule has 0 aliphatic carbocycles. The summed E-state index contributed by atoms with van der Waals surface area (Å²) in [4.78, 5) is 43.0. The van der Waals surface area contributed by atoms with Crippen molar-refractivity contribution in [3.05, 3.63) is 24.3 Å². The monoisotopic (exact) mass is 595 g/mol. The average molecular weight is 597 g/mol. The summed E-state index contributed by atoms with van der Waals surface area (Å²) in [6.07, 6.45) is 3.63. The first-order valence-corrected chi connectivity index (χ1v) is 15.1. The second-order valence-electron chi connectivity index (χ2n) is 10.3. The van der Waals surface area contributed by atoms with Crippen LogP contribution >= 0.6 is 27.7 Å². The van der Waals surface area contributed by atoms with Gasteiger partial charge in [-0.2, -0.15) is 0 Å². The molecule has 8 nitrogen and oxygen atoms in total. The van der Waals surface area contributed by atoms with E-state index in [1.807, 2.05) is 26.0 Å². The van der Waals surface area contributed by atoms with Gasteiger partial charge in [-0.3, -0.25) is 14.4 Å². The molecule has 37 heavy (non-hydrogen) atoms. The molecule has 3 N–H and O–H groups in total. The third-order valence-corrected chi connectivity index (χ3v) is 10.9. The number of carbonyl (C=O) groups excluding carboxylic acids is 3. The Hall–Kier alpha value is -1.78. The number of nitrogens with zero attached hydrogens (tertiary/aromatic N) is 1. The molecule has 3 aliphatic rings. The first kappa shape index (κ1) is 28.2. The molecule has 10 heteroatoms. The summed E-state index contributed by atoms with van der Waals surface area (Å²) in [6, 6.07) is 6.59. The van der Waals surface area contributed by atoms with E-state index in [2.05, 4.69) is 33.5 Å². The van der Waals surface area contributed by atoms with Gasteiger partial charge in [0.25, 0.3) is 0 Å². The number of aliphatic hydroxyl groups is 1. The number of amides is 3. The van der Waals surface area contributed by atoms with Crippen molar-refractivity contribution >= 4 is 51.1 Å². The molecule has 3 aliphatic heterocycles. The van der Waals surface area contributed by atoms with Crippen LogP contribution in [0.25, 0.3) is 0 Å². The first-order chi connectivity index (χ1) is 17.8. The zero-order valence-electron chi connectivity index (χ0n) is 21.7. The molecule has 0 radical (unpaired) electrons. The van der Waals surface area contributed by atoms with Gasteiger partial charge in [-0.1, -0.05) is 29.3 Å². The fraction of sp³-hybridized carbons (Fsp3) is 0.667. The highest BCUT2D eigenvalue weighted by Crippen LogP contribution is 2.67. The van der Waals surface area contributed by atoms with Gasteiger partial charge in [0.2, 0.25) is 17.7 Å². The van der Waals surface area contributed by atoms with Crippen LogP contribution in [0.5, 0.6) is 5.75 Å². The van der Waals surface area contributed by atoms with Gasteiger partial charge in [-0.05, 0) is 63.8 Å². The number of alkyl halides is 1. The fourth-order valence-corrected chi connectivity index (χ4v) is 9.83. The van der Waals surface area contributed by atoms with Crippen LogP contribution in [-0.4, -0.2) is 74.4 Å². The van der Waals surface area contributed by atoms with Crippen LogP contribution in [0.1, 0.15) is 52.9 Å². The molecular formula is C27H38BrN3O5S. The van der Waals surface area contributed by atoms with Gasteiger partial charge in [0, 0.05) is 35.0 Å². The van der Waals surface area contributed by atoms with E-state index in [0.717, 1.165) is 18.6 Å². The molecule has 1 aromatic carbocycles. The number of unbranched alkanes of at least 4 members (excludes halogenated alkanes) is 1. The zero-order chi connectivity index (χ0) is 26.7. The summed E-state index contributed by atoms with van der Waals surface area (Å²) in [6.45, 7) is 6.97. The lowest BCUT2D eigenvalue weighted by atomic mass is 9.70.